The van der Waals surface area contributed by atoms with Gasteiger partial charge in [0.15, 0.2) is 0 Å². The highest BCUT2D eigenvalue weighted by atomic mass is 19.4. The molecule has 0 spiro atoms. The summed E-state index contributed by atoms with van der Waals surface area (Å²) >= 11 is 0. The number of halogens is 3. The first-order valence-electron chi connectivity index (χ1n) is 4.31. The summed E-state index contributed by atoms with van der Waals surface area (Å²) in [6.07, 6.45) is -4.45. The standard InChI is InChI=1S/C10H4BF3N2/c11-7-2-5(4-15)1-6-3-8(10(12,13)14)16-9(6)7/h1-3,16H. The monoisotopic (exact) mass is 220 g/mol. The van der Waals surface area contributed by atoms with Crippen LogP contribution in [-0.4, -0.2) is 12.8 Å². The second kappa shape index (κ2) is 3.30. The molecule has 0 fully saturated rings. The van der Waals surface area contributed by atoms with Crippen molar-refractivity contribution in [1.29, 1.82) is 5.26 Å². The van der Waals surface area contributed by atoms with Crippen molar-refractivity contribution < 1.29 is 13.2 Å². The van der Waals surface area contributed by atoms with E-state index in [9.17, 15) is 13.2 Å². The van der Waals surface area contributed by atoms with Gasteiger partial charge in [0.1, 0.15) is 13.5 Å². The molecule has 0 atom stereocenters. The molecule has 0 saturated carbocycles. The zero-order valence-electron chi connectivity index (χ0n) is 7.89. The van der Waals surface area contributed by atoms with E-state index in [-0.39, 0.29) is 21.9 Å². The van der Waals surface area contributed by atoms with Crippen LogP contribution in [0.1, 0.15) is 11.3 Å². The Labute approximate surface area is 90.1 Å². The van der Waals surface area contributed by atoms with Crippen molar-refractivity contribution >= 4 is 24.2 Å². The molecule has 16 heavy (non-hydrogen) atoms. The number of nitrogens with one attached hydrogen (secondary N) is 1. The van der Waals surface area contributed by atoms with Crippen LogP contribution in [0.15, 0.2) is 18.2 Å². The Kier molecular flexibility index (Phi) is 2.19. The number of fused-ring (bicyclic) bond motifs is 1. The normalized spacial score (nSPS) is 11.6. The predicted molar refractivity (Wildman–Crippen MR) is 53.4 cm³/mol. The van der Waals surface area contributed by atoms with E-state index in [2.05, 4.69) is 4.98 Å². The van der Waals surface area contributed by atoms with Crippen LogP contribution in [0.2, 0.25) is 0 Å². The maximum Gasteiger partial charge on any atom is 0.431 e. The second-order valence-corrected chi connectivity index (χ2v) is 3.32. The minimum absolute atomic E-state index is 0.129. The van der Waals surface area contributed by atoms with E-state index >= 15 is 0 Å². The highest BCUT2D eigenvalue weighted by Crippen LogP contribution is 2.30. The average Bonchev–Trinajstić information content (AvgIpc) is 2.61. The Morgan fingerprint density at radius 1 is 1.25 bits per heavy atom. The molecule has 78 valence electrons. The number of hydrogen-bond acceptors (Lipinski definition) is 1. The van der Waals surface area contributed by atoms with Gasteiger partial charge in [-0.1, -0.05) is 5.46 Å². The fourth-order valence-corrected chi connectivity index (χ4v) is 1.49. The summed E-state index contributed by atoms with van der Waals surface area (Å²) in [7, 11) is 5.54. The number of nitriles is 1. The van der Waals surface area contributed by atoms with Crippen molar-refractivity contribution in [2.24, 2.45) is 0 Å². The van der Waals surface area contributed by atoms with E-state index in [0.29, 0.717) is 0 Å². The molecule has 2 nitrogen and oxygen atoms in total. The lowest BCUT2D eigenvalue weighted by molar-refractivity contribution is -0.140. The maximum absolute atomic E-state index is 12.4. The van der Waals surface area contributed by atoms with Gasteiger partial charge in [-0.25, -0.2) is 0 Å². The summed E-state index contributed by atoms with van der Waals surface area (Å²) < 4.78 is 37.2. The number of H-pyrrole nitrogens is 1. The molecule has 0 aliphatic heterocycles. The number of rotatable bonds is 0. The molecule has 2 rings (SSSR count). The molecule has 0 bridgehead atoms. The maximum atomic E-state index is 12.4. The van der Waals surface area contributed by atoms with Gasteiger partial charge in [-0.15, -0.1) is 0 Å². The number of benzene rings is 1. The molecule has 1 N–H and O–H groups in total. The predicted octanol–water partition coefficient (Wildman–Crippen LogP) is 1.85. The average molecular weight is 220 g/mol. The van der Waals surface area contributed by atoms with Gasteiger partial charge >= 0.3 is 6.18 Å². The van der Waals surface area contributed by atoms with Gasteiger partial charge in [0, 0.05) is 10.9 Å². The van der Waals surface area contributed by atoms with Crippen molar-refractivity contribution in [3.05, 3.63) is 29.5 Å². The smallest absolute Gasteiger partial charge is 0.351 e. The second-order valence-electron chi connectivity index (χ2n) is 3.32. The van der Waals surface area contributed by atoms with Gasteiger partial charge in [-0.2, -0.15) is 18.4 Å². The molecule has 2 aromatic rings. The quantitative estimate of drug-likeness (QED) is 0.676. The first kappa shape index (κ1) is 10.6. The van der Waals surface area contributed by atoms with E-state index in [0.717, 1.165) is 6.07 Å². The van der Waals surface area contributed by atoms with E-state index in [4.69, 9.17) is 13.1 Å². The highest BCUT2D eigenvalue weighted by Gasteiger charge is 2.32. The zero-order valence-corrected chi connectivity index (χ0v) is 7.89. The largest absolute Gasteiger partial charge is 0.431 e. The Hall–Kier alpha value is -1.90. The van der Waals surface area contributed by atoms with Crippen molar-refractivity contribution in [2.45, 2.75) is 6.18 Å². The Morgan fingerprint density at radius 3 is 2.50 bits per heavy atom. The van der Waals surface area contributed by atoms with Crippen LogP contribution in [0.25, 0.3) is 10.9 Å². The van der Waals surface area contributed by atoms with Crippen molar-refractivity contribution in [3.8, 4) is 6.07 Å². The zero-order chi connectivity index (χ0) is 11.9. The van der Waals surface area contributed by atoms with Gasteiger partial charge in [-0.3, -0.25) is 0 Å². The van der Waals surface area contributed by atoms with Gasteiger partial charge in [-0.05, 0) is 18.2 Å². The van der Waals surface area contributed by atoms with Gasteiger partial charge in [0.25, 0.3) is 0 Å². The van der Waals surface area contributed by atoms with Crippen LogP contribution in [0.4, 0.5) is 13.2 Å². The number of nitrogens with zero attached hydrogens (tertiary/aromatic N) is 1. The third-order valence-corrected chi connectivity index (χ3v) is 2.19. The molecule has 0 saturated heterocycles. The number of aromatic amines is 1. The molecule has 1 heterocycles. The Balaban J connectivity index is 2.72. The van der Waals surface area contributed by atoms with Crippen molar-refractivity contribution in [2.75, 3.05) is 0 Å². The summed E-state index contributed by atoms with van der Waals surface area (Å²) in [5, 5.41) is 8.93. The first-order valence-corrected chi connectivity index (χ1v) is 4.31. The van der Waals surface area contributed by atoms with Crippen molar-refractivity contribution in [3.63, 3.8) is 0 Å². The summed E-state index contributed by atoms with van der Waals surface area (Å²) in [4.78, 5) is 2.20. The molecule has 0 aliphatic rings. The SMILES string of the molecule is [B]c1cc(C#N)cc2cc(C(F)(F)F)[nH]c12. The first-order chi connectivity index (χ1) is 7.41. The summed E-state index contributed by atoms with van der Waals surface area (Å²) in [6, 6.07) is 5.46. The van der Waals surface area contributed by atoms with Crippen LogP contribution in [0, 0.1) is 11.3 Å². The minimum Gasteiger partial charge on any atom is -0.351 e. The molecule has 1 aromatic heterocycles. The van der Waals surface area contributed by atoms with Crippen LogP contribution < -0.4 is 5.46 Å². The number of hydrogen-bond donors (Lipinski definition) is 1. The van der Waals surface area contributed by atoms with E-state index in [1.54, 1.807) is 0 Å². The molecule has 0 unspecified atom stereocenters. The summed E-state index contributed by atoms with van der Waals surface area (Å²) in [5.74, 6) is 0. The molecule has 6 heteroatoms. The summed E-state index contributed by atoms with van der Waals surface area (Å²) in [6.45, 7) is 0. The molecule has 0 amide bonds. The molecular formula is C10H4BF3N2. The van der Waals surface area contributed by atoms with E-state index in [1.807, 2.05) is 6.07 Å². The highest BCUT2D eigenvalue weighted by molar-refractivity contribution is 6.38. The van der Waals surface area contributed by atoms with Crippen molar-refractivity contribution in [1.82, 2.24) is 4.98 Å². The molecular weight excluding hydrogens is 216 g/mol. The van der Waals surface area contributed by atoms with Crippen LogP contribution in [0.5, 0.6) is 0 Å². The Bertz CT molecular complexity index is 592. The lowest BCUT2D eigenvalue weighted by atomic mass is 9.92. The minimum atomic E-state index is -4.45. The fourth-order valence-electron chi connectivity index (χ4n) is 1.49. The number of aromatic nitrogens is 1. The summed E-state index contributed by atoms with van der Waals surface area (Å²) in [5.41, 5.74) is -0.308. The van der Waals surface area contributed by atoms with Crippen LogP contribution >= 0.6 is 0 Å². The third-order valence-electron chi connectivity index (χ3n) is 2.19. The number of alkyl halides is 3. The van der Waals surface area contributed by atoms with E-state index < -0.39 is 11.9 Å². The molecule has 0 aliphatic carbocycles. The lowest BCUT2D eigenvalue weighted by Crippen LogP contribution is -2.07. The van der Waals surface area contributed by atoms with Crippen LogP contribution in [0.3, 0.4) is 0 Å². The Morgan fingerprint density at radius 2 is 1.94 bits per heavy atom. The topological polar surface area (TPSA) is 39.6 Å². The molecule has 2 radical (unpaired) electrons. The van der Waals surface area contributed by atoms with E-state index in [1.165, 1.54) is 12.1 Å². The third kappa shape index (κ3) is 1.65. The van der Waals surface area contributed by atoms with Gasteiger partial charge < -0.3 is 4.98 Å². The van der Waals surface area contributed by atoms with Gasteiger partial charge in [0.2, 0.25) is 0 Å². The molecule has 1 aromatic carbocycles. The lowest BCUT2D eigenvalue weighted by Gasteiger charge is -2.01. The van der Waals surface area contributed by atoms with Gasteiger partial charge in [0.05, 0.1) is 11.6 Å². The van der Waals surface area contributed by atoms with Crippen LogP contribution in [-0.2, 0) is 6.18 Å². The fraction of sp³-hybridized carbons (Fsp3) is 0.100.